The van der Waals surface area contributed by atoms with Crippen LogP contribution in [-0.4, -0.2) is 92.9 Å². The summed E-state index contributed by atoms with van der Waals surface area (Å²) >= 11 is 0. The number of rotatable bonds is 6. The van der Waals surface area contributed by atoms with Crippen molar-refractivity contribution in [2.45, 2.75) is 18.3 Å². The second-order valence-electron chi connectivity index (χ2n) is 10.0. The first-order chi connectivity index (χ1) is 18.4. The molecule has 10 heteroatoms. The lowest BCUT2D eigenvalue weighted by Crippen LogP contribution is -2.54. The van der Waals surface area contributed by atoms with Gasteiger partial charge >= 0.3 is 0 Å². The van der Waals surface area contributed by atoms with Crippen LogP contribution in [0, 0.1) is 5.41 Å². The van der Waals surface area contributed by atoms with E-state index in [0.29, 0.717) is 48.0 Å². The molecule has 10 nitrogen and oxygen atoms in total. The number of hydrogen-bond acceptors (Lipinski definition) is 8. The molecule has 2 fully saturated rings. The molecule has 1 aromatic heterocycles. The van der Waals surface area contributed by atoms with E-state index in [1.54, 1.807) is 14.2 Å². The maximum atomic E-state index is 8.78. The van der Waals surface area contributed by atoms with Crippen LogP contribution >= 0.6 is 0 Å². The summed E-state index contributed by atoms with van der Waals surface area (Å²) in [7, 11) is 5.23. The lowest BCUT2D eigenvalue weighted by Gasteiger charge is -2.46. The second kappa shape index (κ2) is 10.9. The number of benzene rings is 2. The molecule has 2 aromatic carbocycles. The van der Waals surface area contributed by atoms with Gasteiger partial charge < -0.3 is 34.6 Å². The Balaban J connectivity index is 1.40. The number of likely N-dealkylation sites (N-methyl/N-ethyl adjacent to an activating group) is 1. The third kappa shape index (κ3) is 5.00. The SMILES string of the molecule is COc1cc2nc(N(C)CC3(c4ccccc4)CCN(C(=N)N4CCOCC4)CC3)nc(N)c2cc1OC. The lowest BCUT2D eigenvalue weighted by atomic mass is 9.72. The number of hydrogen-bond donors (Lipinski definition) is 2. The number of guanidine groups is 1. The fourth-order valence-electron chi connectivity index (χ4n) is 5.61. The van der Waals surface area contributed by atoms with Gasteiger partial charge in [-0.1, -0.05) is 30.3 Å². The molecule has 38 heavy (non-hydrogen) atoms. The molecule has 3 N–H and O–H groups in total. The minimum absolute atomic E-state index is 0.109. The summed E-state index contributed by atoms with van der Waals surface area (Å²) in [5.74, 6) is 2.77. The summed E-state index contributed by atoms with van der Waals surface area (Å²) in [6.07, 6.45) is 1.84. The third-order valence-corrected chi connectivity index (χ3v) is 7.82. The molecular formula is C28H37N7O3. The highest BCUT2D eigenvalue weighted by Crippen LogP contribution is 2.38. The van der Waals surface area contributed by atoms with Crippen LogP contribution < -0.4 is 20.1 Å². The average molecular weight is 520 g/mol. The topological polar surface area (TPSA) is 113 Å². The van der Waals surface area contributed by atoms with Crippen LogP contribution in [0.5, 0.6) is 11.5 Å². The van der Waals surface area contributed by atoms with Crippen LogP contribution in [0.25, 0.3) is 10.9 Å². The first kappa shape index (κ1) is 25.8. The number of aromatic nitrogens is 2. The number of piperidine rings is 1. The van der Waals surface area contributed by atoms with E-state index in [4.69, 9.17) is 30.3 Å². The van der Waals surface area contributed by atoms with E-state index in [-0.39, 0.29) is 5.41 Å². The van der Waals surface area contributed by atoms with Gasteiger partial charge in [-0.05, 0) is 24.5 Å². The number of anilines is 2. The van der Waals surface area contributed by atoms with Crippen molar-refractivity contribution in [1.29, 1.82) is 5.41 Å². The van der Waals surface area contributed by atoms with Gasteiger partial charge in [0.05, 0.1) is 33.0 Å². The number of nitrogens with two attached hydrogens (primary N) is 1. The summed E-state index contributed by atoms with van der Waals surface area (Å²) in [4.78, 5) is 15.9. The molecule has 2 aliphatic heterocycles. The molecule has 0 atom stereocenters. The zero-order valence-corrected chi connectivity index (χ0v) is 22.4. The summed E-state index contributed by atoms with van der Waals surface area (Å²) in [6, 6.07) is 14.3. The van der Waals surface area contributed by atoms with Gasteiger partial charge in [0.1, 0.15) is 5.82 Å². The van der Waals surface area contributed by atoms with Crippen LogP contribution in [0.2, 0.25) is 0 Å². The predicted molar refractivity (Wildman–Crippen MR) is 149 cm³/mol. The summed E-state index contributed by atoms with van der Waals surface area (Å²) in [5, 5.41) is 9.51. The highest BCUT2D eigenvalue weighted by Gasteiger charge is 2.39. The summed E-state index contributed by atoms with van der Waals surface area (Å²) in [5.41, 5.74) is 8.29. The molecule has 0 amide bonds. The Morgan fingerprint density at radius 2 is 1.63 bits per heavy atom. The highest BCUT2D eigenvalue weighted by molar-refractivity contribution is 5.91. The molecule has 5 rings (SSSR count). The van der Waals surface area contributed by atoms with Gasteiger partial charge in [-0.3, -0.25) is 5.41 Å². The number of nitrogens with zero attached hydrogens (tertiary/aromatic N) is 5. The van der Waals surface area contributed by atoms with Gasteiger partial charge in [0.25, 0.3) is 0 Å². The molecule has 0 unspecified atom stereocenters. The first-order valence-electron chi connectivity index (χ1n) is 13.1. The molecule has 3 heterocycles. The number of methoxy groups -OCH3 is 2. The zero-order valence-electron chi connectivity index (χ0n) is 22.4. The van der Waals surface area contributed by atoms with Crippen LogP contribution in [0.1, 0.15) is 18.4 Å². The Hall–Kier alpha value is -3.79. The summed E-state index contributed by atoms with van der Waals surface area (Å²) in [6.45, 7) is 5.28. The predicted octanol–water partition coefficient (Wildman–Crippen LogP) is 2.97. The standard InChI is InChI=1S/C28H37N7O3/c1-33(27-31-22-18-24(37-3)23(36-2)17-21(22)25(29)32-27)19-28(20-7-5-4-6-8-20)9-11-34(12-10-28)26(30)35-13-15-38-16-14-35/h4-8,17-18,30H,9-16,19H2,1-3H3,(H2,29,31,32). The van der Waals surface area contributed by atoms with Gasteiger partial charge in [0, 0.05) is 56.6 Å². The van der Waals surface area contributed by atoms with E-state index in [2.05, 4.69) is 50.0 Å². The van der Waals surface area contributed by atoms with Crippen molar-refractivity contribution in [3.8, 4) is 11.5 Å². The molecule has 0 spiro atoms. The number of likely N-dealkylation sites (tertiary alicyclic amines) is 1. The largest absolute Gasteiger partial charge is 0.493 e. The van der Waals surface area contributed by atoms with Gasteiger partial charge in [-0.25, -0.2) is 4.98 Å². The van der Waals surface area contributed by atoms with Crippen molar-refractivity contribution in [1.82, 2.24) is 19.8 Å². The first-order valence-corrected chi connectivity index (χ1v) is 13.1. The van der Waals surface area contributed by atoms with E-state index < -0.39 is 0 Å². The Labute approximate surface area is 223 Å². The van der Waals surface area contributed by atoms with E-state index >= 15 is 0 Å². The number of nitrogen functional groups attached to an aromatic ring is 1. The van der Waals surface area contributed by atoms with E-state index in [9.17, 15) is 0 Å². The van der Waals surface area contributed by atoms with Crippen LogP contribution in [0.4, 0.5) is 11.8 Å². The minimum atomic E-state index is -0.109. The van der Waals surface area contributed by atoms with Crippen molar-refractivity contribution in [3.05, 3.63) is 48.0 Å². The molecule has 0 saturated carbocycles. The minimum Gasteiger partial charge on any atom is -0.493 e. The van der Waals surface area contributed by atoms with E-state index in [0.717, 1.165) is 51.0 Å². The molecule has 0 radical (unpaired) electrons. The van der Waals surface area contributed by atoms with Gasteiger partial charge in [-0.15, -0.1) is 0 Å². The summed E-state index contributed by atoms with van der Waals surface area (Å²) < 4.78 is 16.4. The Morgan fingerprint density at radius 1 is 1.00 bits per heavy atom. The number of ether oxygens (including phenoxy) is 3. The number of nitrogens with one attached hydrogen (secondary N) is 1. The lowest BCUT2D eigenvalue weighted by molar-refractivity contribution is 0.0594. The van der Waals surface area contributed by atoms with Crippen LogP contribution in [0.3, 0.4) is 0 Å². The molecule has 202 valence electrons. The van der Waals surface area contributed by atoms with Crippen molar-refractivity contribution in [2.24, 2.45) is 0 Å². The molecular weight excluding hydrogens is 482 g/mol. The van der Waals surface area contributed by atoms with Crippen LogP contribution in [-0.2, 0) is 10.2 Å². The maximum absolute atomic E-state index is 8.78. The quantitative estimate of drug-likeness (QED) is 0.375. The fraction of sp³-hybridized carbons (Fsp3) is 0.464. The van der Waals surface area contributed by atoms with Crippen LogP contribution in [0.15, 0.2) is 42.5 Å². The normalized spacial score (nSPS) is 17.3. The highest BCUT2D eigenvalue weighted by atomic mass is 16.5. The molecule has 3 aromatic rings. The average Bonchev–Trinajstić information content (AvgIpc) is 2.97. The van der Waals surface area contributed by atoms with Crippen molar-refractivity contribution in [2.75, 3.05) is 77.8 Å². The van der Waals surface area contributed by atoms with E-state index in [1.807, 2.05) is 19.2 Å². The van der Waals surface area contributed by atoms with Crippen molar-refractivity contribution in [3.63, 3.8) is 0 Å². The maximum Gasteiger partial charge on any atom is 0.227 e. The third-order valence-electron chi connectivity index (χ3n) is 7.82. The van der Waals surface area contributed by atoms with Gasteiger partial charge in [0.15, 0.2) is 17.5 Å². The van der Waals surface area contributed by atoms with E-state index in [1.165, 1.54) is 5.56 Å². The van der Waals surface area contributed by atoms with Gasteiger partial charge in [-0.2, -0.15) is 4.98 Å². The monoisotopic (exact) mass is 519 g/mol. The number of fused-ring (bicyclic) bond motifs is 1. The molecule has 0 bridgehead atoms. The second-order valence-corrected chi connectivity index (χ2v) is 10.0. The van der Waals surface area contributed by atoms with Crippen molar-refractivity contribution >= 4 is 28.6 Å². The number of morpholine rings is 1. The zero-order chi connectivity index (χ0) is 26.7. The smallest absolute Gasteiger partial charge is 0.227 e. The Bertz CT molecular complexity index is 1270. The fourth-order valence-corrected chi connectivity index (χ4v) is 5.61. The van der Waals surface area contributed by atoms with Crippen molar-refractivity contribution < 1.29 is 14.2 Å². The molecule has 2 saturated heterocycles. The molecule has 2 aliphatic rings. The molecule has 0 aliphatic carbocycles. The van der Waals surface area contributed by atoms with Gasteiger partial charge in [0.2, 0.25) is 5.95 Å². The Kier molecular flexibility index (Phi) is 7.42. The Morgan fingerprint density at radius 3 is 2.29 bits per heavy atom.